The van der Waals surface area contributed by atoms with Crippen molar-refractivity contribution in [1.82, 2.24) is 10.2 Å². The van der Waals surface area contributed by atoms with E-state index in [4.69, 9.17) is 4.74 Å². The second kappa shape index (κ2) is 7.73. The monoisotopic (exact) mass is 330 g/mol. The molecule has 3 rings (SSSR count). The average Bonchev–Trinajstić information content (AvgIpc) is 3.11. The van der Waals surface area contributed by atoms with Gasteiger partial charge in [0.05, 0.1) is 19.3 Å². The largest absolute Gasteiger partial charge is 0.379 e. The molecule has 0 spiro atoms. The first kappa shape index (κ1) is 16.2. The van der Waals surface area contributed by atoms with Crippen LogP contribution in [-0.4, -0.2) is 43.7 Å². The molecule has 1 aliphatic heterocycles. The van der Waals surface area contributed by atoms with Gasteiger partial charge < -0.3 is 10.1 Å². The molecule has 0 saturated carbocycles. The summed E-state index contributed by atoms with van der Waals surface area (Å²) in [7, 11) is 0. The minimum absolute atomic E-state index is 0.0141. The lowest BCUT2D eigenvalue weighted by Gasteiger charge is -2.34. The molecule has 2 heterocycles. The number of nitrogens with zero attached hydrogens (tertiary/aromatic N) is 1. The fourth-order valence-electron chi connectivity index (χ4n) is 2.78. The summed E-state index contributed by atoms with van der Waals surface area (Å²) in [4.78, 5) is 16.0. The SMILES string of the molecule is Cc1ccc(C(=O)NC[C@H](c2cccs2)N2CCOCC2)cc1. The third-order valence-electron chi connectivity index (χ3n) is 4.13. The number of amides is 1. The summed E-state index contributed by atoms with van der Waals surface area (Å²) in [5.41, 5.74) is 1.87. The Kier molecular flexibility index (Phi) is 5.43. The van der Waals surface area contributed by atoms with E-state index in [2.05, 4.69) is 27.7 Å². The summed E-state index contributed by atoms with van der Waals surface area (Å²) in [6, 6.07) is 12.1. The van der Waals surface area contributed by atoms with Gasteiger partial charge in [0.1, 0.15) is 0 Å². The van der Waals surface area contributed by atoms with Crippen LogP contribution in [0.2, 0.25) is 0 Å². The van der Waals surface area contributed by atoms with Gasteiger partial charge in [-0.15, -0.1) is 11.3 Å². The number of rotatable bonds is 5. The minimum Gasteiger partial charge on any atom is -0.379 e. The number of morpholine rings is 1. The first-order valence-electron chi connectivity index (χ1n) is 7.94. The van der Waals surface area contributed by atoms with Gasteiger partial charge in [0.2, 0.25) is 0 Å². The van der Waals surface area contributed by atoms with E-state index in [0.717, 1.165) is 31.9 Å². The Morgan fingerprint density at radius 3 is 2.65 bits per heavy atom. The summed E-state index contributed by atoms with van der Waals surface area (Å²) in [5, 5.41) is 5.18. The van der Waals surface area contributed by atoms with E-state index in [1.54, 1.807) is 11.3 Å². The van der Waals surface area contributed by atoms with E-state index in [0.29, 0.717) is 12.1 Å². The van der Waals surface area contributed by atoms with Gasteiger partial charge in [0, 0.05) is 30.1 Å². The highest BCUT2D eigenvalue weighted by Crippen LogP contribution is 2.25. The van der Waals surface area contributed by atoms with Gasteiger partial charge in [0.25, 0.3) is 5.91 Å². The van der Waals surface area contributed by atoms with E-state index in [9.17, 15) is 4.79 Å². The van der Waals surface area contributed by atoms with Crippen molar-refractivity contribution in [3.8, 4) is 0 Å². The van der Waals surface area contributed by atoms with Gasteiger partial charge in [-0.05, 0) is 30.5 Å². The number of hydrogen-bond acceptors (Lipinski definition) is 4. The maximum atomic E-state index is 12.4. The van der Waals surface area contributed by atoms with Crippen LogP contribution in [0.4, 0.5) is 0 Å². The number of hydrogen-bond donors (Lipinski definition) is 1. The van der Waals surface area contributed by atoms with Crippen molar-refractivity contribution >= 4 is 17.2 Å². The molecule has 1 fully saturated rings. The quantitative estimate of drug-likeness (QED) is 0.916. The van der Waals surface area contributed by atoms with Crippen LogP contribution in [0.15, 0.2) is 41.8 Å². The van der Waals surface area contributed by atoms with Crippen LogP contribution in [0.5, 0.6) is 0 Å². The second-order valence-electron chi connectivity index (χ2n) is 5.76. The average molecular weight is 330 g/mol. The third kappa shape index (κ3) is 4.19. The molecule has 1 amide bonds. The normalized spacial score (nSPS) is 16.9. The predicted octanol–water partition coefficient (Wildman–Crippen LogP) is 2.86. The zero-order valence-corrected chi connectivity index (χ0v) is 14.1. The Balaban J connectivity index is 1.66. The molecule has 1 aromatic carbocycles. The van der Waals surface area contributed by atoms with Crippen molar-refractivity contribution in [2.45, 2.75) is 13.0 Å². The third-order valence-corrected chi connectivity index (χ3v) is 5.10. The standard InChI is InChI=1S/C18H22N2O2S/c1-14-4-6-15(7-5-14)18(21)19-13-16(17-3-2-12-23-17)20-8-10-22-11-9-20/h2-7,12,16H,8-11,13H2,1H3,(H,19,21)/t16-/m1/s1. The van der Waals surface area contributed by atoms with Gasteiger partial charge >= 0.3 is 0 Å². The Bertz CT molecular complexity index is 619. The van der Waals surface area contributed by atoms with Gasteiger partial charge in [-0.2, -0.15) is 0 Å². The lowest BCUT2D eigenvalue weighted by Crippen LogP contribution is -2.43. The van der Waals surface area contributed by atoms with Crippen LogP contribution in [0.25, 0.3) is 0 Å². The van der Waals surface area contributed by atoms with E-state index >= 15 is 0 Å². The molecule has 1 aliphatic rings. The fraction of sp³-hybridized carbons (Fsp3) is 0.389. The highest BCUT2D eigenvalue weighted by Gasteiger charge is 2.24. The Morgan fingerprint density at radius 2 is 2.00 bits per heavy atom. The fourth-order valence-corrected chi connectivity index (χ4v) is 3.64. The molecule has 2 aromatic rings. The molecule has 1 N–H and O–H groups in total. The molecule has 0 aliphatic carbocycles. The molecule has 122 valence electrons. The Hall–Kier alpha value is -1.69. The summed E-state index contributed by atoms with van der Waals surface area (Å²) in [5.74, 6) is -0.0141. The molecule has 0 bridgehead atoms. The Morgan fingerprint density at radius 1 is 1.26 bits per heavy atom. The summed E-state index contributed by atoms with van der Waals surface area (Å²) >= 11 is 1.74. The minimum atomic E-state index is -0.0141. The van der Waals surface area contributed by atoms with Crippen molar-refractivity contribution in [1.29, 1.82) is 0 Å². The highest BCUT2D eigenvalue weighted by molar-refractivity contribution is 7.10. The van der Waals surface area contributed by atoms with E-state index < -0.39 is 0 Å². The molecule has 1 aromatic heterocycles. The lowest BCUT2D eigenvalue weighted by molar-refractivity contribution is 0.0169. The van der Waals surface area contributed by atoms with Crippen molar-refractivity contribution in [3.05, 3.63) is 57.8 Å². The number of carbonyl (C=O) groups is 1. The van der Waals surface area contributed by atoms with Crippen molar-refractivity contribution in [2.75, 3.05) is 32.8 Å². The van der Waals surface area contributed by atoms with Crippen LogP contribution in [0.3, 0.4) is 0 Å². The van der Waals surface area contributed by atoms with Crippen LogP contribution in [-0.2, 0) is 4.74 Å². The van der Waals surface area contributed by atoms with Gasteiger partial charge in [-0.3, -0.25) is 9.69 Å². The summed E-state index contributed by atoms with van der Waals surface area (Å²) < 4.78 is 5.45. The molecule has 4 nitrogen and oxygen atoms in total. The molecule has 0 unspecified atom stereocenters. The van der Waals surface area contributed by atoms with Crippen molar-refractivity contribution in [2.24, 2.45) is 0 Å². The molecule has 1 saturated heterocycles. The molecule has 1 atom stereocenters. The molecular formula is C18H22N2O2S. The van der Waals surface area contributed by atoms with E-state index in [-0.39, 0.29) is 11.9 Å². The number of benzene rings is 1. The summed E-state index contributed by atoms with van der Waals surface area (Å²) in [6.45, 7) is 5.97. The van der Waals surface area contributed by atoms with Crippen LogP contribution in [0.1, 0.15) is 26.8 Å². The van der Waals surface area contributed by atoms with Crippen LogP contribution in [0, 0.1) is 6.92 Å². The lowest BCUT2D eigenvalue weighted by atomic mass is 10.1. The topological polar surface area (TPSA) is 41.6 Å². The Labute approximate surface area is 141 Å². The van der Waals surface area contributed by atoms with Crippen LogP contribution >= 0.6 is 11.3 Å². The molecule has 5 heteroatoms. The number of thiophene rings is 1. The van der Waals surface area contributed by atoms with Gasteiger partial charge in [0.15, 0.2) is 0 Å². The zero-order valence-electron chi connectivity index (χ0n) is 13.3. The smallest absolute Gasteiger partial charge is 0.251 e. The number of aryl methyl sites for hydroxylation is 1. The van der Waals surface area contributed by atoms with Gasteiger partial charge in [-0.25, -0.2) is 0 Å². The second-order valence-corrected chi connectivity index (χ2v) is 6.73. The van der Waals surface area contributed by atoms with Crippen molar-refractivity contribution < 1.29 is 9.53 Å². The maximum Gasteiger partial charge on any atom is 0.251 e. The number of nitrogens with one attached hydrogen (secondary N) is 1. The van der Waals surface area contributed by atoms with Gasteiger partial charge in [-0.1, -0.05) is 23.8 Å². The molecule has 23 heavy (non-hydrogen) atoms. The number of ether oxygens (including phenoxy) is 1. The van der Waals surface area contributed by atoms with Crippen LogP contribution < -0.4 is 5.32 Å². The first-order valence-corrected chi connectivity index (χ1v) is 8.82. The highest BCUT2D eigenvalue weighted by atomic mass is 32.1. The summed E-state index contributed by atoms with van der Waals surface area (Å²) in [6.07, 6.45) is 0. The maximum absolute atomic E-state index is 12.4. The zero-order chi connectivity index (χ0) is 16.1. The number of carbonyl (C=O) groups excluding carboxylic acids is 1. The van der Waals surface area contributed by atoms with E-state index in [1.165, 1.54) is 4.88 Å². The van der Waals surface area contributed by atoms with E-state index in [1.807, 2.05) is 31.2 Å². The molecule has 0 radical (unpaired) electrons. The van der Waals surface area contributed by atoms with Crippen molar-refractivity contribution in [3.63, 3.8) is 0 Å². The first-order chi connectivity index (χ1) is 11.2. The predicted molar refractivity (Wildman–Crippen MR) is 93.0 cm³/mol. The molecular weight excluding hydrogens is 308 g/mol.